The fraction of sp³-hybridized carbons (Fsp3) is 0.300. The summed E-state index contributed by atoms with van der Waals surface area (Å²) in [5.41, 5.74) is 1.95. The van der Waals surface area contributed by atoms with Crippen LogP contribution in [0.1, 0.15) is 32.4 Å². The van der Waals surface area contributed by atoms with Crippen molar-refractivity contribution < 1.29 is 14.3 Å². The highest BCUT2D eigenvalue weighted by molar-refractivity contribution is 5.95. The summed E-state index contributed by atoms with van der Waals surface area (Å²) in [6.07, 6.45) is 0. The van der Waals surface area contributed by atoms with E-state index in [9.17, 15) is 9.59 Å². The van der Waals surface area contributed by atoms with Gasteiger partial charge in [-0.25, -0.2) is 9.59 Å². The zero-order valence-corrected chi connectivity index (χ0v) is 14.9. The predicted octanol–water partition coefficient (Wildman–Crippen LogP) is 3.76. The molecule has 1 heterocycles. The molecule has 0 bridgehead atoms. The first-order chi connectivity index (χ1) is 11.9. The zero-order valence-electron chi connectivity index (χ0n) is 14.9. The van der Waals surface area contributed by atoms with E-state index in [1.54, 1.807) is 11.8 Å². The Morgan fingerprint density at radius 1 is 1.16 bits per heavy atom. The molecule has 2 aromatic carbocycles. The number of allylic oxidation sites excluding steroid dienone is 1. The highest BCUT2D eigenvalue weighted by atomic mass is 16.5. The van der Waals surface area contributed by atoms with Crippen LogP contribution in [0.4, 0.5) is 4.79 Å². The van der Waals surface area contributed by atoms with Crippen LogP contribution in [0.5, 0.6) is 0 Å². The summed E-state index contributed by atoms with van der Waals surface area (Å²) >= 11 is 0. The number of fused-ring (bicyclic) bond motifs is 1. The van der Waals surface area contributed by atoms with Gasteiger partial charge in [-0.1, -0.05) is 36.4 Å². The predicted molar refractivity (Wildman–Crippen MR) is 96.9 cm³/mol. The lowest BCUT2D eigenvalue weighted by Gasteiger charge is -2.37. The number of esters is 1. The van der Waals surface area contributed by atoms with E-state index in [0.717, 1.165) is 16.3 Å². The second-order valence-corrected chi connectivity index (χ2v) is 6.44. The number of carbonyl (C=O) groups is 2. The number of urea groups is 1. The number of amides is 2. The van der Waals surface area contributed by atoms with Crippen LogP contribution in [-0.4, -0.2) is 30.1 Å². The largest absolute Gasteiger partial charge is 0.466 e. The molecule has 0 saturated heterocycles. The van der Waals surface area contributed by atoms with Crippen molar-refractivity contribution in [1.82, 2.24) is 10.2 Å². The van der Waals surface area contributed by atoms with Crippen molar-refractivity contribution in [3.63, 3.8) is 0 Å². The normalized spacial score (nSPS) is 17.9. The van der Waals surface area contributed by atoms with E-state index in [1.165, 1.54) is 7.11 Å². The maximum atomic E-state index is 12.6. The van der Waals surface area contributed by atoms with Crippen molar-refractivity contribution in [2.75, 3.05) is 7.11 Å². The molecule has 0 radical (unpaired) electrons. The van der Waals surface area contributed by atoms with Gasteiger partial charge in [0, 0.05) is 11.7 Å². The van der Waals surface area contributed by atoms with Crippen LogP contribution in [0.25, 0.3) is 10.8 Å². The first-order valence-corrected chi connectivity index (χ1v) is 8.31. The number of hydrogen-bond donors (Lipinski definition) is 1. The Hall–Kier alpha value is -2.82. The summed E-state index contributed by atoms with van der Waals surface area (Å²) in [4.78, 5) is 26.6. The van der Waals surface area contributed by atoms with E-state index in [4.69, 9.17) is 4.74 Å². The van der Waals surface area contributed by atoms with E-state index in [1.807, 2.05) is 56.3 Å². The number of methoxy groups -OCH3 is 1. The minimum absolute atomic E-state index is 0.0581. The summed E-state index contributed by atoms with van der Waals surface area (Å²) < 4.78 is 4.99. The SMILES string of the molecule is COC(=O)C1=C(C)N(C(C)C)C(=O)N[C@H]1c1ccc2ccccc2c1. The topological polar surface area (TPSA) is 58.6 Å². The molecule has 3 rings (SSSR count). The Balaban J connectivity index is 2.14. The third kappa shape index (κ3) is 2.97. The van der Waals surface area contributed by atoms with Gasteiger partial charge in [0.05, 0.1) is 18.7 Å². The Morgan fingerprint density at radius 3 is 2.48 bits per heavy atom. The molecule has 130 valence electrons. The fourth-order valence-electron chi connectivity index (χ4n) is 3.39. The molecular weight excluding hydrogens is 316 g/mol. The Labute approximate surface area is 147 Å². The number of rotatable bonds is 3. The minimum atomic E-state index is -0.528. The molecule has 5 nitrogen and oxygen atoms in total. The molecular formula is C20H22N2O3. The van der Waals surface area contributed by atoms with Gasteiger partial charge in [-0.3, -0.25) is 4.90 Å². The molecule has 0 aliphatic carbocycles. The van der Waals surface area contributed by atoms with E-state index in [-0.39, 0.29) is 12.1 Å². The van der Waals surface area contributed by atoms with Crippen LogP contribution < -0.4 is 5.32 Å². The van der Waals surface area contributed by atoms with Gasteiger partial charge in [0.2, 0.25) is 0 Å². The smallest absolute Gasteiger partial charge is 0.337 e. The Morgan fingerprint density at radius 2 is 1.84 bits per heavy atom. The molecule has 25 heavy (non-hydrogen) atoms. The molecule has 1 N–H and O–H groups in total. The first kappa shape index (κ1) is 17.0. The molecule has 1 aliphatic rings. The number of nitrogens with zero attached hydrogens (tertiary/aromatic N) is 1. The lowest BCUT2D eigenvalue weighted by molar-refractivity contribution is -0.136. The zero-order chi connectivity index (χ0) is 18.1. The molecule has 0 unspecified atom stereocenters. The molecule has 1 atom stereocenters. The quantitative estimate of drug-likeness (QED) is 0.867. The minimum Gasteiger partial charge on any atom is -0.466 e. The highest BCUT2D eigenvalue weighted by Crippen LogP contribution is 2.33. The molecule has 1 aliphatic heterocycles. The van der Waals surface area contributed by atoms with Crippen LogP contribution in [0.2, 0.25) is 0 Å². The van der Waals surface area contributed by atoms with Gasteiger partial charge in [0.1, 0.15) is 0 Å². The van der Waals surface area contributed by atoms with Gasteiger partial charge in [-0.15, -0.1) is 0 Å². The summed E-state index contributed by atoms with van der Waals surface area (Å²) in [5.74, 6) is -0.429. The Kier molecular flexibility index (Phi) is 4.49. The highest BCUT2D eigenvalue weighted by Gasteiger charge is 2.37. The van der Waals surface area contributed by atoms with E-state index in [2.05, 4.69) is 5.32 Å². The number of nitrogens with one attached hydrogen (secondary N) is 1. The monoisotopic (exact) mass is 338 g/mol. The average Bonchev–Trinajstić information content (AvgIpc) is 2.59. The maximum Gasteiger partial charge on any atom is 0.337 e. The molecule has 0 saturated carbocycles. The lowest BCUT2D eigenvalue weighted by Crippen LogP contribution is -2.50. The number of benzene rings is 2. The molecule has 2 aromatic rings. The third-order valence-electron chi connectivity index (χ3n) is 4.55. The average molecular weight is 338 g/mol. The van der Waals surface area contributed by atoms with Gasteiger partial charge < -0.3 is 10.1 Å². The summed E-state index contributed by atoms with van der Waals surface area (Å²) in [6, 6.07) is 13.1. The van der Waals surface area contributed by atoms with Gasteiger partial charge in [-0.2, -0.15) is 0 Å². The Bertz CT molecular complexity index is 870. The second kappa shape index (κ2) is 6.59. The van der Waals surface area contributed by atoms with Crippen molar-refractivity contribution in [2.45, 2.75) is 32.9 Å². The van der Waals surface area contributed by atoms with Crippen LogP contribution in [0, 0.1) is 0 Å². The van der Waals surface area contributed by atoms with Gasteiger partial charge in [0.15, 0.2) is 0 Å². The molecule has 0 spiro atoms. The lowest BCUT2D eigenvalue weighted by atomic mass is 9.93. The van der Waals surface area contributed by atoms with Crippen molar-refractivity contribution in [3.8, 4) is 0 Å². The van der Waals surface area contributed by atoms with Crippen molar-refractivity contribution >= 4 is 22.8 Å². The molecule has 0 fully saturated rings. The van der Waals surface area contributed by atoms with E-state index in [0.29, 0.717) is 11.3 Å². The third-order valence-corrected chi connectivity index (χ3v) is 4.55. The molecule has 0 aromatic heterocycles. The van der Waals surface area contributed by atoms with E-state index >= 15 is 0 Å². The van der Waals surface area contributed by atoms with Gasteiger partial charge in [-0.05, 0) is 43.2 Å². The standard InChI is InChI=1S/C20H22N2O3/c1-12(2)22-13(3)17(19(23)25-4)18(21-20(22)24)16-10-9-14-7-5-6-8-15(14)11-16/h5-12,18H,1-4H3,(H,21,24)/t18-/m0/s1. The first-order valence-electron chi connectivity index (χ1n) is 8.31. The maximum absolute atomic E-state index is 12.6. The fourth-order valence-corrected chi connectivity index (χ4v) is 3.39. The van der Waals surface area contributed by atoms with Crippen LogP contribution >= 0.6 is 0 Å². The van der Waals surface area contributed by atoms with Crippen molar-refractivity contribution in [3.05, 3.63) is 59.3 Å². The second-order valence-electron chi connectivity index (χ2n) is 6.44. The van der Waals surface area contributed by atoms with Gasteiger partial charge in [0.25, 0.3) is 0 Å². The van der Waals surface area contributed by atoms with Crippen LogP contribution in [0.3, 0.4) is 0 Å². The summed E-state index contributed by atoms with van der Waals surface area (Å²) in [5, 5.41) is 5.12. The summed E-state index contributed by atoms with van der Waals surface area (Å²) in [7, 11) is 1.36. The van der Waals surface area contributed by atoms with E-state index < -0.39 is 12.0 Å². The van der Waals surface area contributed by atoms with Crippen LogP contribution in [-0.2, 0) is 9.53 Å². The summed E-state index contributed by atoms with van der Waals surface area (Å²) in [6.45, 7) is 5.61. The molecule has 5 heteroatoms. The van der Waals surface area contributed by atoms with Crippen molar-refractivity contribution in [2.24, 2.45) is 0 Å². The van der Waals surface area contributed by atoms with Crippen LogP contribution in [0.15, 0.2) is 53.7 Å². The number of ether oxygens (including phenoxy) is 1. The number of hydrogen-bond acceptors (Lipinski definition) is 3. The van der Waals surface area contributed by atoms with Gasteiger partial charge >= 0.3 is 12.0 Å². The molecule has 2 amide bonds. The van der Waals surface area contributed by atoms with Crippen molar-refractivity contribution in [1.29, 1.82) is 0 Å². The number of carbonyl (C=O) groups excluding carboxylic acids is 2.